The molecule has 0 aliphatic heterocycles. The highest BCUT2D eigenvalue weighted by atomic mass is 19.3. The van der Waals surface area contributed by atoms with E-state index in [9.17, 15) is 8.78 Å². The van der Waals surface area contributed by atoms with Gasteiger partial charge in [0.1, 0.15) is 5.76 Å². The van der Waals surface area contributed by atoms with Crippen LogP contribution in [0.25, 0.3) is 0 Å². The van der Waals surface area contributed by atoms with Crippen LogP contribution in [0.3, 0.4) is 0 Å². The highest BCUT2D eigenvalue weighted by molar-refractivity contribution is 5.79. The predicted octanol–water partition coefficient (Wildman–Crippen LogP) is 2.84. The molecule has 0 unspecified atom stereocenters. The van der Waals surface area contributed by atoms with Gasteiger partial charge in [-0.05, 0) is 36.2 Å². The molecule has 0 spiro atoms. The van der Waals surface area contributed by atoms with E-state index in [1.807, 2.05) is 18.2 Å². The van der Waals surface area contributed by atoms with Crippen LogP contribution in [0.15, 0.2) is 46.0 Å². The zero-order chi connectivity index (χ0) is 18.8. The van der Waals surface area contributed by atoms with Gasteiger partial charge in [0, 0.05) is 26.6 Å². The second-order valence-corrected chi connectivity index (χ2v) is 5.37. The van der Waals surface area contributed by atoms with Crippen LogP contribution in [0.5, 0.6) is 11.5 Å². The maximum atomic E-state index is 12.5. The third-order valence-corrected chi connectivity index (χ3v) is 3.62. The molecule has 0 saturated heterocycles. The van der Waals surface area contributed by atoms with Crippen LogP contribution in [0.2, 0.25) is 0 Å². The van der Waals surface area contributed by atoms with Crippen molar-refractivity contribution < 1.29 is 22.7 Å². The number of rotatable bonds is 9. The van der Waals surface area contributed by atoms with Gasteiger partial charge in [-0.1, -0.05) is 6.07 Å². The lowest BCUT2D eigenvalue weighted by Gasteiger charge is -2.13. The van der Waals surface area contributed by atoms with Gasteiger partial charge < -0.3 is 24.5 Å². The number of halogens is 2. The zero-order valence-electron chi connectivity index (χ0n) is 14.8. The third kappa shape index (κ3) is 6.27. The molecule has 142 valence electrons. The molecule has 0 radical (unpaired) electrons. The molecular weight excluding hydrogens is 344 g/mol. The van der Waals surface area contributed by atoms with Crippen LogP contribution in [0, 0.1) is 0 Å². The van der Waals surface area contributed by atoms with Crippen molar-refractivity contribution in [2.45, 2.75) is 19.5 Å². The van der Waals surface area contributed by atoms with Crippen molar-refractivity contribution >= 4 is 5.96 Å². The van der Waals surface area contributed by atoms with Gasteiger partial charge in [-0.2, -0.15) is 8.78 Å². The first-order chi connectivity index (χ1) is 12.6. The number of hydrogen-bond acceptors (Lipinski definition) is 4. The van der Waals surface area contributed by atoms with Crippen LogP contribution in [-0.4, -0.2) is 39.8 Å². The first-order valence-corrected chi connectivity index (χ1v) is 8.21. The summed E-state index contributed by atoms with van der Waals surface area (Å²) in [6.45, 7) is -1.63. The topological polar surface area (TPSA) is 68.0 Å². The number of ether oxygens (including phenoxy) is 2. The van der Waals surface area contributed by atoms with Gasteiger partial charge in [-0.25, -0.2) is 0 Å². The number of nitrogens with one attached hydrogen (secondary N) is 2. The first-order valence-electron chi connectivity index (χ1n) is 8.21. The standard InChI is InChI=1S/C18H23F2N3O3/c1-21-18(23-10-8-14-4-3-11-25-14)22-9-7-13-5-6-15(24-2)16(12-13)26-17(19)20/h3-6,11-12,17H,7-10H2,1-2H3,(H2,21,22,23). The van der Waals surface area contributed by atoms with E-state index in [0.717, 1.165) is 17.7 Å². The van der Waals surface area contributed by atoms with Crippen molar-refractivity contribution in [3.8, 4) is 11.5 Å². The summed E-state index contributed by atoms with van der Waals surface area (Å²) < 4.78 is 39.7. The quantitative estimate of drug-likeness (QED) is 0.527. The molecule has 0 aliphatic carbocycles. The van der Waals surface area contributed by atoms with Crippen LogP contribution < -0.4 is 20.1 Å². The predicted molar refractivity (Wildman–Crippen MR) is 95.1 cm³/mol. The molecule has 2 N–H and O–H groups in total. The fourth-order valence-electron chi connectivity index (χ4n) is 2.37. The van der Waals surface area contributed by atoms with Crippen molar-refractivity contribution in [2.24, 2.45) is 4.99 Å². The minimum absolute atomic E-state index is 0.0287. The van der Waals surface area contributed by atoms with Crippen LogP contribution in [-0.2, 0) is 12.8 Å². The molecule has 0 saturated carbocycles. The largest absolute Gasteiger partial charge is 0.493 e. The fraction of sp³-hybridized carbons (Fsp3) is 0.389. The van der Waals surface area contributed by atoms with Crippen LogP contribution in [0.4, 0.5) is 8.78 Å². The molecule has 1 aromatic carbocycles. The van der Waals surface area contributed by atoms with E-state index in [-0.39, 0.29) is 11.5 Å². The molecule has 0 atom stereocenters. The average Bonchev–Trinajstić information content (AvgIpc) is 3.13. The Bertz CT molecular complexity index is 691. The van der Waals surface area contributed by atoms with Crippen molar-refractivity contribution in [3.05, 3.63) is 47.9 Å². The van der Waals surface area contributed by atoms with E-state index in [0.29, 0.717) is 25.5 Å². The van der Waals surface area contributed by atoms with Crippen molar-refractivity contribution in [1.29, 1.82) is 0 Å². The molecule has 0 aliphatic rings. The summed E-state index contributed by atoms with van der Waals surface area (Å²) in [6, 6.07) is 8.75. The number of methoxy groups -OCH3 is 1. The molecule has 2 rings (SSSR count). The lowest BCUT2D eigenvalue weighted by molar-refractivity contribution is -0.0512. The van der Waals surface area contributed by atoms with Gasteiger partial charge in [0.25, 0.3) is 0 Å². The van der Waals surface area contributed by atoms with Crippen molar-refractivity contribution in [2.75, 3.05) is 27.2 Å². The van der Waals surface area contributed by atoms with Gasteiger partial charge >= 0.3 is 6.61 Å². The molecule has 26 heavy (non-hydrogen) atoms. The summed E-state index contributed by atoms with van der Waals surface area (Å²) in [6.07, 6.45) is 3.01. The molecule has 1 heterocycles. The van der Waals surface area contributed by atoms with Crippen LogP contribution in [0.1, 0.15) is 11.3 Å². The summed E-state index contributed by atoms with van der Waals surface area (Å²) in [7, 11) is 3.09. The average molecular weight is 367 g/mol. The van der Waals surface area contributed by atoms with E-state index < -0.39 is 6.61 Å². The third-order valence-electron chi connectivity index (χ3n) is 3.62. The Kier molecular flexibility index (Phi) is 7.73. The molecular formula is C18H23F2N3O3. The molecule has 6 nitrogen and oxygen atoms in total. The SMILES string of the molecule is CN=C(NCCc1ccc(OC)c(OC(F)F)c1)NCCc1ccco1. The molecule has 8 heteroatoms. The monoisotopic (exact) mass is 367 g/mol. The number of hydrogen-bond donors (Lipinski definition) is 2. The fourth-order valence-corrected chi connectivity index (χ4v) is 2.37. The summed E-state index contributed by atoms with van der Waals surface area (Å²) in [5, 5.41) is 6.36. The van der Waals surface area contributed by atoms with E-state index in [4.69, 9.17) is 9.15 Å². The summed E-state index contributed by atoms with van der Waals surface area (Å²) in [5.74, 6) is 1.87. The number of alkyl halides is 2. The Labute approximate surface area is 151 Å². The molecule has 2 aromatic rings. The number of benzene rings is 1. The second kappa shape index (κ2) is 10.3. The number of guanidine groups is 1. The highest BCUT2D eigenvalue weighted by Crippen LogP contribution is 2.29. The Morgan fingerprint density at radius 2 is 1.92 bits per heavy atom. The number of nitrogens with zero attached hydrogens (tertiary/aromatic N) is 1. The Balaban J connectivity index is 1.79. The first kappa shape index (κ1) is 19.6. The molecule has 0 fully saturated rings. The van der Waals surface area contributed by atoms with Crippen molar-refractivity contribution in [1.82, 2.24) is 10.6 Å². The maximum absolute atomic E-state index is 12.5. The number of furan rings is 1. The van der Waals surface area contributed by atoms with E-state index >= 15 is 0 Å². The Hall–Kier alpha value is -2.77. The highest BCUT2D eigenvalue weighted by Gasteiger charge is 2.11. The molecule has 0 amide bonds. The second-order valence-electron chi connectivity index (χ2n) is 5.37. The summed E-state index contributed by atoms with van der Waals surface area (Å²) in [4.78, 5) is 4.14. The van der Waals surface area contributed by atoms with Crippen molar-refractivity contribution in [3.63, 3.8) is 0 Å². The maximum Gasteiger partial charge on any atom is 0.387 e. The minimum Gasteiger partial charge on any atom is -0.493 e. The molecule has 1 aromatic heterocycles. The summed E-state index contributed by atoms with van der Waals surface area (Å²) in [5.41, 5.74) is 0.847. The van der Waals surface area contributed by atoms with Gasteiger partial charge in [-0.3, -0.25) is 4.99 Å². The minimum atomic E-state index is -2.89. The van der Waals surface area contributed by atoms with Crippen LogP contribution >= 0.6 is 0 Å². The number of aliphatic imine (C=N–C) groups is 1. The van der Waals surface area contributed by atoms with Gasteiger partial charge in [0.15, 0.2) is 17.5 Å². The lowest BCUT2D eigenvalue weighted by Crippen LogP contribution is -2.39. The zero-order valence-corrected chi connectivity index (χ0v) is 14.8. The van der Waals surface area contributed by atoms with E-state index in [1.165, 1.54) is 7.11 Å². The Morgan fingerprint density at radius 1 is 1.15 bits per heavy atom. The molecule has 0 bridgehead atoms. The van der Waals surface area contributed by atoms with Gasteiger partial charge in [0.05, 0.1) is 13.4 Å². The van der Waals surface area contributed by atoms with E-state index in [2.05, 4.69) is 20.4 Å². The smallest absolute Gasteiger partial charge is 0.387 e. The van der Waals surface area contributed by atoms with E-state index in [1.54, 1.807) is 25.4 Å². The normalized spacial score (nSPS) is 11.5. The summed E-state index contributed by atoms with van der Waals surface area (Å²) >= 11 is 0. The van der Waals surface area contributed by atoms with Gasteiger partial charge in [-0.15, -0.1) is 0 Å². The van der Waals surface area contributed by atoms with Gasteiger partial charge in [0.2, 0.25) is 0 Å². The lowest BCUT2D eigenvalue weighted by atomic mass is 10.1. The Morgan fingerprint density at radius 3 is 2.54 bits per heavy atom.